The molecule has 126 valence electrons. The zero-order valence-electron chi connectivity index (χ0n) is 14.2. The van der Waals surface area contributed by atoms with E-state index in [2.05, 4.69) is 22.2 Å². The number of carbonyl (C=O) groups is 1. The summed E-state index contributed by atoms with van der Waals surface area (Å²) in [5.41, 5.74) is 1.40. The summed E-state index contributed by atoms with van der Waals surface area (Å²) in [6.07, 6.45) is 4.35. The lowest BCUT2D eigenvalue weighted by molar-refractivity contribution is 0.0718. The molecule has 2 heterocycles. The van der Waals surface area contributed by atoms with Crippen LogP contribution in [0, 0.1) is 0 Å². The molecule has 0 spiro atoms. The lowest BCUT2D eigenvalue weighted by Crippen LogP contribution is -2.36. The van der Waals surface area contributed by atoms with Crippen LogP contribution < -0.4 is 5.32 Å². The maximum Gasteiger partial charge on any atom is 0.272 e. The van der Waals surface area contributed by atoms with Crippen molar-refractivity contribution >= 4 is 11.7 Å². The molecule has 1 fully saturated rings. The Kier molecular flexibility index (Phi) is 5.41. The van der Waals surface area contributed by atoms with Crippen LogP contribution >= 0.6 is 0 Å². The van der Waals surface area contributed by atoms with Gasteiger partial charge in [0.2, 0.25) is 0 Å². The van der Waals surface area contributed by atoms with Gasteiger partial charge in [0.25, 0.3) is 5.91 Å². The largest absolute Gasteiger partial charge is 0.370 e. The first-order chi connectivity index (χ1) is 11.8. The van der Waals surface area contributed by atoms with Crippen LogP contribution in [0.2, 0.25) is 0 Å². The summed E-state index contributed by atoms with van der Waals surface area (Å²) in [5, 5.41) is 3.28. The van der Waals surface area contributed by atoms with Gasteiger partial charge in [-0.2, -0.15) is 0 Å². The number of rotatable bonds is 5. The van der Waals surface area contributed by atoms with Crippen LogP contribution in [-0.4, -0.2) is 40.4 Å². The van der Waals surface area contributed by atoms with Crippen molar-refractivity contribution in [1.29, 1.82) is 0 Å². The number of nitrogens with zero attached hydrogens (tertiary/aromatic N) is 3. The fourth-order valence-corrected chi connectivity index (χ4v) is 2.88. The Bertz CT molecular complexity index is 681. The van der Waals surface area contributed by atoms with Crippen molar-refractivity contribution < 1.29 is 4.79 Å². The van der Waals surface area contributed by atoms with Gasteiger partial charge in [-0.3, -0.25) is 4.79 Å². The first-order valence-corrected chi connectivity index (χ1v) is 8.75. The van der Waals surface area contributed by atoms with E-state index in [9.17, 15) is 4.79 Å². The highest BCUT2D eigenvalue weighted by Gasteiger charge is 2.21. The standard InChI is InChI=1S/C19H24N4O/c1-2-11-20-17-14-16(19(24)23-12-7-4-8-13-23)21-18(22-17)15-9-5-3-6-10-15/h3,5-6,9-10,14H,2,4,7-8,11-13H2,1H3,(H,20,21,22). The van der Waals surface area contributed by atoms with Gasteiger partial charge in [-0.15, -0.1) is 0 Å². The molecule has 0 aliphatic carbocycles. The van der Waals surface area contributed by atoms with Gasteiger partial charge in [-0.1, -0.05) is 37.3 Å². The molecule has 1 aliphatic heterocycles. The van der Waals surface area contributed by atoms with E-state index in [1.54, 1.807) is 6.07 Å². The number of anilines is 1. The average Bonchev–Trinajstić information content (AvgIpc) is 2.67. The monoisotopic (exact) mass is 324 g/mol. The molecule has 3 rings (SSSR count). The van der Waals surface area contributed by atoms with Crippen molar-refractivity contribution in [3.05, 3.63) is 42.1 Å². The summed E-state index contributed by atoms with van der Waals surface area (Å²) in [6, 6.07) is 11.6. The number of piperidine rings is 1. The Morgan fingerprint density at radius 1 is 1.12 bits per heavy atom. The quantitative estimate of drug-likeness (QED) is 0.913. The molecular weight excluding hydrogens is 300 g/mol. The van der Waals surface area contributed by atoms with E-state index >= 15 is 0 Å². The van der Waals surface area contributed by atoms with Gasteiger partial charge in [0.1, 0.15) is 11.5 Å². The number of likely N-dealkylation sites (tertiary alicyclic amines) is 1. The zero-order chi connectivity index (χ0) is 16.8. The highest BCUT2D eigenvalue weighted by Crippen LogP contribution is 2.20. The van der Waals surface area contributed by atoms with E-state index < -0.39 is 0 Å². The number of nitrogens with one attached hydrogen (secondary N) is 1. The molecule has 1 aromatic carbocycles. The molecule has 0 saturated carbocycles. The second-order valence-corrected chi connectivity index (χ2v) is 6.11. The summed E-state index contributed by atoms with van der Waals surface area (Å²) >= 11 is 0. The summed E-state index contributed by atoms with van der Waals surface area (Å²) in [4.78, 5) is 23.8. The molecule has 5 heteroatoms. The van der Waals surface area contributed by atoms with Crippen LogP contribution in [-0.2, 0) is 0 Å². The minimum atomic E-state index is 0.00818. The van der Waals surface area contributed by atoms with Crippen LogP contribution in [0.25, 0.3) is 11.4 Å². The highest BCUT2D eigenvalue weighted by molar-refractivity contribution is 5.93. The lowest BCUT2D eigenvalue weighted by atomic mass is 10.1. The molecule has 1 saturated heterocycles. The number of hydrogen-bond donors (Lipinski definition) is 1. The van der Waals surface area contributed by atoms with Gasteiger partial charge in [-0.25, -0.2) is 9.97 Å². The number of aromatic nitrogens is 2. The van der Waals surface area contributed by atoms with Crippen molar-refractivity contribution in [2.75, 3.05) is 25.0 Å². The first-order valence-electron chi connectivity index (χ1n) is 8.75. The zero-order valence-corrected chi connectivity index (χ0v) is 14.2. The highest BCUT2D eigenvalue weighted by atomic mass is 16.2. The van der Waals surface area contributed by atoms with Gasteiger partial charge >= 0.3 is 0 Å². The molecule has 0 unspecified atom stereocenters. The molecule has 24 heavy (non-hydrogen) atoms. The third-order valence-corrected chi connectivity index (χ3v) is 4.18. The molecular formula is C19H24N4O. The second kappa shape index (κ2) is 7.90. The van der Waals surface area contributed by atoms with Crippen molar-refractivity contribution in [3.8, 4) is 11.4 Å². The smallest absolute Gasteiger partial charge is 0.272 e. The van der Waals surface area contributed by atoms with Crippen molar-refractivity contribution in [2.24, 2.45) is 0 Å². The Morgan fingerprint density at radius 2 is 1.88 bits per heavy atom. The Balaban J connectivity index is 1.93. The van der Waals surface area contributed by atoms with Gasteiger partial charge < -0.3 is 10.2 Å². The van der Waals surface area contributed by atoms with Crippen molar-refractivity contribution in [1.82, 2.24) is 14.9 Å². The molecule has 1 aliphatic rings. The van der Waals surface area contributed by atoms with Crippen LogP contribution in [0.4, 0.5) is 5.82 Å². The second-order valence-electron chi connectivity index (χ2n) is 6.11. The van der Waals surface area contributed by atoms with Crippen LogP contribution in [0.1, 0.15) is 43.1 Å². The average molecular weight is 324 g/mol. The normalized spacial score (nSPS) is 14.5. The van der Waals surface area contributed by atoms with Gasteiger partial charge in [0.15, 0.2) is 5.82 Å². The van der Waals surface area contributed by atoms with Crippen LogP contribution in [0.5, 0.6) is 0 Å². The van der Waals surface area contributed by atoms with E-state index in [-0.39, 0.29) is 5.91 Å². The Hall–Kier alpha value is -2.43. The third kappa shape index (κ3) is 3.91. The fraction of sp³-hybridized carbons (Fsp3) is 0.421. The third-order valence-electron chi connectivity index (χ3n) is 4.18. The molecule has 1 amide bonds. The van der Waals surface area contributed by atoms with Crippen LogP contribution in [0.15, 0.2) is 36.4 Å². The van der Waals surface area contributed by atoms with Gasteiger partial charge in [0, 0.05) is 31.3 Å². The molecule has 0 atom stereocenters. The Morgan fingerprint density at radius 3 is 2.58 bits per heavy atom. The van der Waals surface area contributed by atoms with Crippen molar-refractivity contribution in [2.45, 2.75) is 32.6 Å². The summed E-state index contributed by atoms with van der Waals surface area (Å²) < 4.78 is 0. The van der Waals surface area contributed by atoms with E-state index in [0.717, 1.165) is 44.5 Å². The van der Waals surface area contributed by atoms with E-state index in [0.29, 0.717) is 17.3 Å². The SMILES string of the molecule is CCCNc1cc(C(=O)N2CCCCC2)nc(-c2ccccc2)n1. The number of benzene rings is 1. The first kappa shape index (κ1) is 16.4. The Labute approximate surface area is 143 Å². The summed E-state index contributed by atoms with van der Waals surface area (Å²) in [7, 11) is 0. The molecule has 5 nitrogen and oxygen atoms in total. The molecule has 2 aromatic rings. The predicted molar refractivity (Wildman–Crippen MR) is 96.0 cm³/mol. The number of amides is 1. The van der Waals surface area contributed by atoms with Crippen molar-refractivity contribution in [3.63, 3.8) is 0 Å². The summed E-state index contributed by atoms with van der Waals surface area (Å²) in [6.45, 7) is 4.57. The maximum absolute atomic E-state index is 12.8. The number of hydrogen-bond acceptors (Lipinski definition) is 4. The minimum absolute atomic E-state index is 0.00818. The molecule has 0 bridgehead atoms. The summed E-state index contributed by atoms with van der Waals surface area (Å²) in [5.74, 6) is 1.32. The van der Waals surface area contributed by atoms with E-state index in [4.69, 9.17) is 0 Å². The maximum atomic E-state index is 12.8. The fourth-order valence-electron chi connectivity index (χ4n) is 2.88. The topological polar surface area (TPSA) is 58.1 Å². The van der Waals surface area contributed by atoms with E-state index in [1.165, 1.54) is 6.42 Å². The molecule has 1 N–H and O–H groups in total. The number of carbonyl (C=O) groups excluding carboxylic acids is 1. The van der Waals surface area contributed by atoms with Gasteiger partial charge in [-0.05, 0) is 25.7 Å². The van der Waals surface area contributed by atoms with Crippen LogP contribution in [0.3, 0.4) is 0 Å². The van der Waals surface area contributed by atoms with E-state index in [1.807, 2.05) is 35.2 Å². The predicted octanol–water partition coefficient (Wildman–Crippen LogP) is 3.59. The van der Waals surface area contributed by atoms with Gasteiger partial charge in [0.05, 0.1) is 0 Å². The lowest BCUT2D eigenvalue weighted by Gasteiger charge is -2.26. The minimum Gasteiger partial charge on any atom is -0.370 e. The molecule has 1 aromatic heterocycles. The molecule has 0 radical (unpaired) electrons.